The number of rotatable bonds is 14. The Balaban J connectivity index is 0.717. The van der Waals surface area contributed by atoms with Crippen molar-refractivity contribution < 1.29 is 43.0 Å². The normalized spacial score (nSPS) is 22.8. The van der Waals surface area contributed by atoms with Gasteiger partial charge in [-0.05, 0) is 56.0 Å². The summed E-state index contributed by atoms with van der Waals surface area (Å²) in [5, 5.41) is 15.3. The van der Waals surface area contributed by atoms with Crippen LogP contribution in [-0.2, 0) is 40.9 Å². The zero-order chi connectivity index (χ0) is 47.2. The van der Waals surface area contributed by atoms with Gasteiger partial charge in [0.15, 0.2) is 5.72 Å². The Hall–Kier alpha value is -7.11. The van der Waals surface area contributed by atoms with Crippen LogP contribution in [0.25, 0.3) is 43.6 Å². The number of methoxy groups -OCH3 is 1. The lowest BCUT2D eigenvalue weighted by atomic mass is 9.91. The number of anilines is 1. The van der Waals surface area contributed by atoms with Crippen LogP contribution in [0.2, 0.25) is 0 Å². The highest BCUT2D eigenvalue weighted by molar-refractivity contribution is 6.31. The standard InChI is InChI=1S/C51H52N8O9/c1-51-46(67-3)35(25-39(68-51)57-32-17-10-8-13-27(32)42-43-30(26-54-48(43)64)40-28-14-9-11-18-33(28)59(51)45(40)44(42)57)56(2)38(62)20-7-5-4-6-19-36(60)53-24-23-52-31-16-12-15-29-41(31)50(66)58(49(29)65)34-21-22-37(61)55-47(34)63/h8-18,34-35,39,46,52H,4-7,19-26H2,1-3H3,(H,53,60)(H,54,64)(H,55,61,63)/t34?,35-,39-,46-,51+/m1/s1. The van der Waals surface area contributed by atoms with Crippen molar-refractivity contribution in [3.8, 4) is 0 Å². The van der Waals surface area contributed by atoms with Gasteiger partial charge in [0.1, 0.15) is 18.4 Å². The quantitative estimate of drug-likeness (QED) is 0.0792. The van der Waals surface area contributed by atoms with Gasteiger partial charge in [-0.15, -0.1) is 0 Å². The van der Waals surface area contributed by atoms with Gasteiger partial charge in [0.25, 0.3) is 17.7 Å². The fourth-order valence-electron chi connectivity index (χ4n) is 11.8. The molecule has 11 rings (SSSR count). The van der Waals surface area contributed by atoms with E-state index >= 15 is 0 Å². The largest absolute Gasteiger partial charge is 0.383 e. The average Bonchev–Trinajstić information content (AvgIpc) is 4.05. The zero-order valence-corrected chi connectivity index (χ0v) is 38.1. The Morgan fingerprint density at radius 3 is 2.35 bits per heavy atom. The van der Waals surface area contributed by atoms with Gasteiger partial charge in [-0.25, -0.2) is 0 Å². The molecule has 0 spiro atoms. The van der Waals surface area contributed by atoms with Crippen LogP contribution < -0.4 is 21.3 Å². The maximum absolute atomic E-state index is 14.1. The summed E-state index contributed by atoms with van der Waals surface area (Å²) in [6.45, 7) is 3.06. The van der Waals surface area contributed by atoms with Gasteiger partial charge in [0.05, 0.1) is 44.8 Å². The Kier molecular flexibility index (Phi) is 10.6. The number of imide groups is 2. The van der Waals surface area contributed by atoms with Gasteiger partial charge in [0, 0.05) is 86.7 Å². The molecule has 5 atom stereocenters. The molecule has 5 aliphatic heterocycles. The molecule has 350 valence electrons. The van der Waals surface area contributed by atoms with E-state index in [2.05, 4.69) is 61.6 Å². The second-order valence-corrected chi connectivity index (χ2v) is 18.7. The van der Waals surface area contributed by atoms with Gasteiger partial charge >= 0.3 is 0 Å². The van der Waals surface area contributed by atoms with E-state index in [0.29, 0.717) is 56.4 Å². The number of nitrogens with one attached hydrogen (secondary N) is 4. The predicted octanol–water partition coefficient (Wildman–Crippen LogP) is 5.56. The molecule has 7 amide bonds. The lowest BCUT2D eigenvalue weighted by molar-refractivity contribution is -0.266. The molecule has 1 unspecified atom stereocenters. The van der Waals surface area contributed by atoms with E-state index in [9.17, 15) is 33.6 Å². The number of para-hydroxylation sites is 2. The third-order valence-electron chi connectivity index (χ3n) is 14.9. The van der Waals surface area contributed by atoms with Crippen LogP contribution in [0.15, 0.2) is 66.7 Å². The SMILES string of the molecule is CO[C@@H]1[C@H](N(C)C(=O)CCCCCCC(=O)NCCNc2cccc3c2C(=O)N(C2CCC(=O)NC2=O)C3=O)C[C@H]2O[C@]1(C)n1c3ccccc3c3c4c(c5c6ccccc6n2c5c31)C(=O)NC4. The van der Waals surface area contributed by atoms with E-state index in [0.717, 1.165) is 66.9 Å². The van der Waals surface area contributed by atoms with E-state index < -0.39 is 47.7 Å². The molecule has 17 heteroatoms. The third kappa shape index (κ3) is 6.53. The summed E-state index contributed by atoms with van der Waals surface area (Å²) >= 11 is 0. The number of amides is 7. The van der Waals surface area contributed by atoms with E-state index in [1.54, 1.807) is 19.2 Å². The van der Waals surface area contributed by atoms with Crippen molar-refractivity contribution in [2.24, 2.45) is 0 Å². The van der Waals surface area contributed by atoms with Crippen LogP contribution in [0.5, 0.6) is 0 Å². The second-order valence-electron chi connectivity index (χ2n) is 18.7. The number of hydrogen-bond donors (Lipinski definition) is 4. The first-order valence-electron chi connectivity index (χ1n) is 23.5. The first-order valence-corrected chi connectivity index (χ1v) is 23.5. The molecule has 0 saturated carbocycles. The van der Waals surface area contributed by atoms with Gasteiger partial charge in [0.2, 0.25) is 23.6 Å². The van der Waals surface area contributed by atoms with Crippen LogP contribution in [0, 0.1) is 0 Å². The molecule has 2 saturated heterocycles. The number of benzene rings is 4. The number of carbonyl (C=O) groups excluding carboxylic acids is 7. The van der Waals surface area contributed by atoms with Crippen molar-refractivity contribution in [3.05, 3.63) is 89.0 Å². The molecule has 6 aromatic rings. The smallest absolute Gasteiger partial charge is 0.264 e. The van der Waals surface area contributed by atoms with Crippen molar-refractivity contribution in [3.63, 3.8) is 0 Å². The summed E-state index contributed by atoms with van der Waals surface area (Å²) in [5.74, 6) is -2.49. The molecule has 5 aliphatic rings. The van der Waals surface area contributed by atoms with Gasteiger partial charge in [-0.1, -0.05) is 55.3 Å². The maximum Gasteiger partial charge on any atom is 0.264 e. The first kappa shape index (κ1) is 43.5. The molecule has 2 fully saturated rings. The number of nitrogens with zero attached hydrogens (tertiary/aromatic N) is 4. The lowest BCUT2D eigenvalue weighted by Crippen LogP contribution is -2.61. The number of piperidine rings is 1. The second kappa shape index (κ2) is 16.6. The number of aromatic nitrogens is 2. The van der Waals surface area contributed by atoms with Crippen LogP contribution in [0.1, 0.15) is 108 Å². The molecular weight excluding hydrogens is 869 g/mol. The van der Waals surface area contributed by atoms with E-state index in [1.807, 2.05) is 36.2 Å². The number of carbonyl (C=O) groups is 7. The molecule has 4 aromatic carbocycles. The summed E-state index contributed by atoms with van der Waals surface area (Å²) in [6.07, 6.45) is 3.05. The van der Waals surface area contributed by atoms with Gasteiger partial charge < -0.3 is 39.5 Å². The molecule has 7 heterocycles. The molecule has 0 aliphatic carbocycles. The number of hydrogen-bond acceptors (Lipinski definition) is 10. The van der Waals surface area contributed by atoms with Crippen molar-refractivity contribution >= 4 is 90.6 Å². The van der Waals surface area contributed by atoms with E-state index in [-0.39, 0.29) is 54.3 Å². The predicted molar refractivity (Wildman–Crippen MR) is 252 cm³/mol. The number of likely N-dealkylation sites (N-methyl/N-ethyl adjacent to an activating group) is 1. The summed E-state index contributed by atoms with van der Waals surface area (Å²) in [7, 11) is 3.54. The maximum atomic E-state index is 14.1. The molecule has 4 N–H and O–H groups in total. The number of ether oxygens (including phenoxy) is 2. The van der Waals surface area contributed by atoms with Gasteiger partial charge in [-0.3, -0.25) is 43.8 Å². The van der Waals surface area contributed by atoms with Crippen molar-refractivity contribution in [1.82, 2.24) is 34.9 Å². The minimum Gasteiger partial charge on any atom is -0.383 e. The lowest BCUT2D eigenvalue weighted by Gasteiger charge is -2.50. The number of unbranched alkanes of at least 4 members (excludes halogenated alkanes) is 3. The zero-order valence-electron chi connectivity index (χ0n) is 38.1. The van der Waals surface area contributed by atoms with Crippen LogP contribution in [-0.4, -0.2) is 106 Å². The topological polar surface area (TPSA) is 202 Å². The summed E-state index contributed by atoms with van der Waals surface area (Å²) < 4.78 is 18.2. The van der Waals surface area contributed by atoms with Gasteiger partial charge in [-0.2, -0.15) is 0 Å². The molecular formula is C51H52N8O9. The Morgan fingerprint density at radius 2 is 1.59 bits per heavy atom. The summed E-state index contributed by atoms with van der Waals surface area (Å²) in [6, 6.07) is 19.9. The Morgan fingerprint density at radius 1 is 0.853 bits per heavy atom. The van der Waals surface area contributed by atoms with Crippen molar-refractivity contribution in [2.45, 2.75) is 101 Å². The van der Waals surface area contributed by atoms with E-state index in [1.165, 1.54) is 6.07 Å². The highest BCUT2D eigenvalue weighted by atomic mass is 16.6. The summed E-state index contributed by atoms with van der Waals surface area (Å²) in [5.41, 5.74) is 5.28. The van der Waals surface area contributed by atoms with Crippen molar-refractivity contribution in [2.75, 3.05) is 32.6 Å². The summed E-state index contributed by atoms with van der Waals surface area (Å²) in [4.78, 5) is 94.1. The minimum atomic E-state index is -1.06. The molecule has 2 aromatic heterocycles. The fraction of sp³-hybridized carbons (Fsp3) is 0.392. The molecule has 2 bridgehead atoms. The van der Waals surface area contributed by atoms with Crippen LogP contribution >= 0.6 is 0 Å². The Bertz CT molecular complexity index is 3190. The average molecular weight is 921 g/mol. The highest BCUT2D eigenvalue weighted by Gasteiger charge is 2.55. The fourth-order valence-corrected chi connectivity index (χ4v) is 11.8. The van der Waals surface area contributed by atoms with E-state index in [4.69, 9.17) is 9.47 Å². The van der Waals surface area contributed by atoms with Crippen molar-refractivity contribution in [1.29, 1.82) is 0 Å². The third-order valence-corrected chi connectivity index (χ3v) is 14.9. The monoisotopic (exact) mass is 920 g/mol. The number of fused-ring (bicyclic) bond motifs is 14. The minimum absolute atomic E-state index is 0.00142. The Labute approximate surface area is 390 Å². The first-order chi connectivity index (χ1) is 32.9. The molecule has 17 nitrogen and oxygen atoms in total. The highest BCUT2D eigenvalue weighted by Crippen LogP contribution is 2.54. The van der Waals surface area contributed by atoms with Crippen LogP contribution in [0.3, 0.4) is 0 Å². The van der Waals surface area contributed by atoms with Crippen LogP contribution in [0.4, 0.5) is 5.69 Å². The molecule has 68 heavy (non-hydrogen) atoms. The molecule has 0 radical (unpaired) electrons.